The van der Waals surface area contributed by atoms with E-state index in [4.69, 9.17) is 9.40 Å². The lowest BCUT2D eigenvalue weighted by molar-refractivity contribution is 0.631. The Balaban J connectivity index is 1.58. The standard InChI is InChI=1S/C19H17N5O/c1-2-4-15-13(3-1)9-14-16-17(25-19(14)24-15)18(23-11-22-16)21-10-12-5-7-20-8-6-12/h5-9,11H,1-4,10H2,(H,21,22,23). The maximum Gasteiger partial charge on any atom is 0.229 e. The Morgan fingerprint density at radius 3 is 2.88 bits per heavy atom. The summed E-state index contributed by atoms with van der Waals surface area (Å²) in [7, 11) is 0. The molecule has 1 aliphatic carbocycles. The van der Waals surface area contributed by atoms with Crippen LogP contribution in [0.5, 0.6) is 0 Å². The summed E-state index contributed by atoms with van der Waals surface area (Å²) in [5, 5.41) is 4.31. The van der Waals surface area contributed by atoms with Crippen LogP contribution in [0.4, 0.5) is 5.82 Å². The number of fused-ring (bicyclic) bond motifs is 4. The molecule has 0 fully saturated rings. The van der Waals surface area contributed by atoms with Gasteiger partial charge in [0, 0.05) is 24.6 Å². The lowest BCUT2D eigenvalue weighted by Gasteiger charge is -2.13. The van der Waals surface area contributed by atoms with Crippen LogP contribution in [0.2, 0.25) is 0 Å². The zero-order valence-electron chi connectivity index (χ0n) is 13.7. The first kappa shape index (κ1) is 14.3. The fraction of sp³-hybridized carbons (Fsp3) is 0.263. The minimum atomic E-state index is 0.648. The molecule has 0 unspecified atom stereocenters. The maximum absolute atomic E-state index is 6.03. The van der Waals surface area contributed by atoms with E-state index in [0.717, 1.165) is 35.0 Å². The molecule has 4 aromatic heterocycles. The zero-order valence-corrected chi connectivity index (χ0v) is 13.7. The average molecular weight is 331 g/mol. The summed E-state index contributed by atoms with van der Waals surface area (Å²) in [5.74, 6) is 0.692. The molecule has 4 aromatic rings. The van der Waals surface area contributed by atoms with E-state index in [1.165, 1.54) is 18.4 Å². The van der Waals surface area contributed by atoms with Crippen LogP contribution < -0.4 is 5.32 Å². The lowest BCUT2D eigenvalue weighted by Crippen LogP contribution is -2.04. The molecule has 0 aromatic carbocycles. The van der Waals surface area contributed by atoms with Crippen molar-refractivity contribution in [1.29, 1.82) is 0 Å². The number of anilines is 1. The minimum Gasteiger partial charge on any atom is -0.432 e. The summed E-state index contributed by atoms with van der Waals surface area (Å²) in [6, 6.07) is 6.14. The van der Waals surface area contributed by atoms with Crippen molar-refractivity contribution in [1.82, 2.24) is 19.9 Å². The van der Waals surface area contributed by atoms with Gasteiger partial charge >= 0.3 is 0 Å². The Labute approximate surface area is 144 Å². The molecule has 4 heterocycles. The van der Waals surface area contributed by atoms with Gasteiger partial charge in [0.15, 0.2) is 11.4 Å². The van der Waals surface area contributed by atoms with Gasteiger partial charge in [-0.15, -0.1) is 0 Å². The van der Waals surface area contributed by atoms with Crippen LogP contribution in [0.3, 0.4) is 0 Å². The van der Waals surface area contributed by atoms with Crippen LogP contribution in [-0.2, 0) is 19.4 Å². The number of hydrogen-bond acceptors (Lipinski definition) is 6. The van der Waals surface area contributed by atoms with Crippen molar-refractivity contribution in [2.75, 3.05) is 5.32 Å². The van der Waals surface area contributed by atoms with Gasteiger partial charge in [0.2, 0.25) is 5.71 Å². The third-order valence-electron chi connectivity index (χ3n) is 4.73. The molecular formula is C19H17N5O. The van der Waals surface area contributed by atoms with Gasteiger partial charge in [0.05, 0.1) is 5.39 Å². The van der Waals surface area contributed by atoms with Crippen LogP contribution in [0.25, 0.3) is 22.2 Å². The van der Waals surface area contributed by atoms with Gasteiger partial charge in [0.25, 0.3) is 0 Å². The fourth-order valence-corrected chi connectivity index (χ4v) is 3.43. The van der Waals surface area contributed by atoms with E-state index in [-0.39, 0.29) is 0 Å². The first-order valence-electron chi connectivity index (χ1n) is 8.57. The number of hydrogen-bond donors (Lipinski definition) is 1. The van der Waals surface area contributed by atoms with Gasteiger partial charge in [-0.25, -0.2) is 15.0 Å². The van der Waals surface area contributed by atoms with Crippen molar-refractivity contribution in [2.24, 2.45) is 0 Å². The summed E-state index contributed by atoms with van der Waals surface area (Å²) in [4.78, 5) is 17.6. The molecule has 0 bridgehead atoms. The highest BCUT2D eigenvalue weighted by atomic mass is 16.3. The molecule has 25 heavy (non-hydrogen) atoms. The predicted molar refractivity (Wildman–Crippen MR) is 95.3 cm³/mol. The fourth-order valence-electron chi connectivity index (χ4n) is 3.43. The van der Waals surface area contributed by atoms with Crippen molar-refractivity contribution in [3.8, 4) is 0 Å². The summed E-state index contributed by atoms with van der Waals surface area (Å²) in [5.41, 5.74) is 5.77. The molecule has 0 aliphatic heterocycles. The Hall–Kier alpha value is -3.02. The minimum absolute atomic E-state index is 0.648. The zero-order chi connectivity index (χ0) is 16.6. The molecule has 0 saturated heterocycles. The Morgan fingerprint density at radius 1 is 1.08 bits per heavy atom. The number of pyridine rings is 2. The molecule has 1 aliphatic rings. The molecule has 6 nitrogen and oxygen atoms in total. The highest BCUT2D eigenvalue weighted by Gasteiger charge is 2.18. The maximum atomic E-state index is 6.03. The number of furan rings is 1. The molecule has 5 rings (SSSR count). The molecule has 6 heteroatoms. The van der Waals surface area contributed by atoms with Crippen LogP contribution in [0.1, 0.15) is 29.7 Å². The van der Waals surface area contributed by atoms with Gasteiger partial charge in [-0.1, -0.05) is 0 Å². The van der Waals surface area contributed by atoms with Crippen LogP contribution >= 0.6 is 0 Å². The summed E-state index contributed by atoms with van der Waals surface area (Å²) >= 11 is 0. The van der Waals surface area contributed by atoms with Gasteiger partial charge in [-0.2, -0.15) is 0 Å². The highest BCUT2D eigenvalue weighted by molar-refractivity contribution is 6.04. The highest BCUT2D eigenvalue weighted by Crippen LogP contribution is 2.32. The molecule has 0 spiro atoms. The van der Waals surface area contributed by atoms with E-state index in [9.17, 15) is 0 Å². The molecule has 1 N–H and O–H groups in total. The second-order valence-corrected chi connectivity index (χ2v) is 6.37. The molecular weight excluding hydrogens is 314 g/mol. The molecule has 0 radical (unpaired) electrons. The topological polar surface area (TPSA) is 76.7 Å². The van der Waals surface area contributed by atoms with Crippen molar-refractivity contribution >= 4 is 28.0 Å². The summed E-state index contributed by atoms with van der Waals surface area (Å²) in [6.45, 7) is 0.648. The Morgan fingerprint density at radius 2 is 1.96 bits per heavy atom. The van der Waals surface area contributed by atoms with E-state index < -0.39 is 0 Å². The number of nitrogens with zero attached hydrogens (tertiary/aromatic N) is 4. The van der Waals surface area contributed by atoms with Crippen molar-refractivity contribution in [3.05, 3.63) is 53.7 Å². The van der Waals surface area contributed by atoms with E-state index in [0.29, 0.717) is 23.7 Å². The Kier molecular flexibility index (Phi) is 3.33. The third kappa shape index (κ3) is 2.50. The first-order valence-corrected chi connectivity index (χ1v) is 8.57. The van der Waals surface area contributed by atoms with Crippen LogP contribution in [0, 0.1) is 0 Å². The smallest absolute Gasteiger partial charge is 0.229 e. The van der Waals surface area contributed by atoms with E-state index in [1.54, 1.807) is 18.7 Å². The van der Waals surface area contributed by atoms with Crippen molar-refractivity contribution < 1.29 is 4.42 Å². The van der Waals surface area contributed by atoms with E-state index >= 15 is 0 Å². The Bertz CT molecular complexity index is 1060. The van der Waals surface area contributed by atoms with E-state index in [1.807, 2.05) is 12.1 Å². The van der Waals surface area contributed by atoms with Crippen LogP contribution in [-0.4, -0.2) is 19.9 Å². The quantitative estimate of drug-likeness (QED) is 0.617. The summed E-state index contributed by atoms with van der Waals surface area (Å²) < 4.78 is 6.03. The molecule has 0 saturated carbocycles. The van der Waals surface area contributed by atoms with Gasteiger partial charge in [0.1, 0.15) is 11.8 Å². The van der Waals surface area contributed by atoms with Gasteiger partial charge in [-0.05, 0) is 55.0 Å². The van der Waals surface area contributed by atoms with Crippen molar-refractivity contribution in [2.45, 2.75) is 32.2 Å². The summed E-state index contributed by atoms with van der Waals surface area (Å²) in [6.07, 6.45) is 9.67. The lowest BCUT2D eigenvalue weighted by atomic mass is 9.95. The first-order chi connectivity index (χ1) is 12.4. The molecule has 0 atom stereocenters. The van der Waals surface area contributed by atoms with Crippen molar-refractivity contribution in [3.63, 3.8) is 0 Å². The monoisotopic (exact) mass is 331 g/mol. The number of aryl methyl sites for hydroxylation is 2. The van der Waals surface area contributed by atoms with Crippen LogP contribution in [0.15, 0.2) is 41.3 Å². The average Bonchev–Trinajstić information content (AvgIpc) is 3.03. The molecule has 124 valence electrons. The second kappa shape index (κ2) is 5.81. The number of nitrogens with one attached hydrogen (secondary N) is 1. The normalized spacial score (nSPS) is 13.9. The van der Waals surface area contributed by atoms with Gasteiger partial charge in [-0.3, -0.25) is 4.98 Å². The second-order valence-electron chi connectivity index (χ2n) is 6.37. The van der Waals surface area contributed by atoms with Gasteiger partial charge < -0.3 is 9.73 Å². The largest absolute Gasteiger partial charge is 0.432 e. The SMILES string of the molecule is c1cc(CNc2ncnc3c2oc2nc4c(cc23)CCCC4)ccn1. The predicted octanol–water partition coefficient (Wildman–Crippen LogP) is 3.66. The van der Waals surface area contributed by atoms with E-state index in [2.05, 4.69) is 26.3 Å². The molecule has 0 amide bonds. The number of rotatable bonds is 3. The number of aromatic nitrogens is 4. The third-order valence-corrected chi connectivity index (χ3v) is 4.73.